The molecule has 0 atom stereocenters. The molecule has 178 valence electrons. The van der Waals surface area contributed by atoms with Crippen LogP contribution in [-0.4, -0.2) is 43.8 Å². The Bertz CT molecular complexity index is 1350. The molecule has 1 aliphatic rings. The lowest BCUT2D eigenvalue weighted by atomic mass is 10.1. The molecule has 2 aromatic carbocycles. The lowest BCUT2D eigenvalue weighted by Crippen LogP contribution is -2.38. The third-order valence-corrected chi connectivity index (χ3v) is 6.20. The predicted octanol–water partition coefficient (Wildman–Crippen LogP) is 3.53. The van der Waals surface area contributed by atoms with Crippen molar-refractivity contribution in [3.05, 3.63) is 88.7 Å². The van der Waals surface area contributed by atoms with Crippen LogP contribution in [0.25, 0.3) is 22.6 Å². The van der Waals surface area contributed by atoms with E-state index in [4.69, 9.17) is 15.5 Å². The fourth-order valence-electron chi connectivity index (χ4n) is 4.31. The summed E-state index contributed by atoms with van der Waals surface area (Å²) in [5, 5.41) is 4.40. The number of hydrogen-bond acceptors (Lipinski definition) is 7. The highest BCUT2D eigenvalue weighted by Gasteiger charge is 2.24. The van der Waals surface area contributed by atoms with E-state index in [0.717, 1.165) is 38.0 Å². The number of nitrogens with two attached hydrogens (primary N) is 1. The van der Waals surface area contributed by atoms with Crippen molar-refractivity contribution in [3.63, 3.8) is 0 Å². The average molecular weight is 469 g/mol. The van der Waals surface area contributed by atoms with Gasteiger partial charge in [0.1, 0.15) is 23.2 Å². The van der Waals surface area contributed by atoms with Crippen LogP contribution in [0.4, 0.5) is 5.82 Å². The minimum Gasteiger partial charge on any atom is -0.472 e. The molecule has 8 heteroatoms. The van der Waals surface area contributed by atoms with Crippen molar-refractivity contribution in [2.24, 2.45) is 7.05 Å². The number of hydrogen-bond donors (Lipinski definition) is 1. The van der Waals surface area contributed by atoms with Crippen LogP contribution in [0, 0.1) is 0 Å². The summed E-state index contributed by atoms with van der Waals surface area (Å²) in [6.07, 6.45) is 1.76. The Morgan fingerprint density at radius 1 is 0.914 bits per heavy atom. The van der Waals surface area contributed by atoms with Gasteiger partial charge in [-0.15, -0.1) is 0 Å². The molecule has 0 aliphatic carbocycles. The number of piperidine rings is 1. The van der Waals surface area contributed by atoms with Crippen molar-refractivity contribution in [1.29, 1.82) is 0 Å². The van der Waals surface area contributed by atoms with E-state index in [1.807, 2.05) is 36.4 Å². The van der Waals surface area contributed by atoms with Crippen LogP contribution >= 0.6 is 0 Å². The van der Waals surface area contributed by atoms with Crippen molar-refractivity contribution in [3.8, 4) is 28.5 Å². The molecule has 0 radical (unpaired) electrons. The number of aryl methyl sites for hydroxylation is 1. The van der Waals surface area contributed by atoms with E-state index in [9.17, 15) is 4.79 Å². The minimum atomic E-state index is -0.197. The lowest BCUT2D eigenvalue weighted by molar-refractivity contribution is 0.0937. The number of anilines is 1. The number of rotatable bonds is 6. The van der Waals surface area contributed by atoms with Gasteiger partial charge in [0, 0.05) is 38.3 Å². The quantitative estimate of drug-likeness (QED) is 0.462. The Kier molecular flexibility index (Phi) is 6.54. The molecule has 2 N–H and O–H groups in total. The summed E-state index contributed by atoms with van der Waals surface area (Å²) in [6.45, 7) is 2.80. The molecule has 0 saturated carbocycles. The summed E-state index contributed by atoms with van der Waals surface area (Å²) in [5.74, 6) is 0.543. The fourth-order valence-corrected chi connectivity index (χ4v) is 4.31. The van der Waals surface area contributed by atoms with Gasteiger partial charge >= 0.3 is 0 Å². The second kappa shape index (κ2) is 10.1. The Labute approximate surface area is 204 Å². The van der Waals surface area contributed by atoms with Gasteiger partial charge < -0.3 is 10.5 Å². The van der Waals surface area contributed by atoms with E-state index in [-0.39, 0.29) is 17.5 Å². The molecule has 1 aliphatic heterocycles. The van der Waals surface area contributed by atoms with Crippen molar-refractivity contribution in [2.75, 3.05) is 18.8 Å². The first kappa shape index (κ1) is 22.7. The van der Waals surface area contributed by atoms with Crippen LogP contribution in [0.2, 0.25) is 0 Å². The van der Waals surface area contributed by atoms with E-state index in [1.54, 1.807) is 13.1 Å². The molecule has 2 aromatic heterocycles. The van der Waals surface area contributed by atoms with E-state index < -0.39 is 0 Å². The van der Waals surface area contributed by atoms with Crippen molar-refractivity contribution in [2.45, 2.75) is 25.5 Å². The zero-order valence-corrected chi connectivity index (χ0v) is 19.7. The van der Waals surface area contributed by atoms with Gasteiger partial charge in [0.15, 0.2) is 5.82 Å². The predicted molar refractivity (Wildman–Crippen MR) is 136 cm³/mol. The third kappa shape index (κ3) is 5.22. The van der Waals surface area contributed by atoms with Crippen LogP contribution in [0.1, 0.15) is 18.4 Å². The van der Waals surface area contributed by atoms with E-state index in [1.165, 1.54) is 16.3 Å². The Hall–Kier alpha value is -4.04. The standard InChI is InChI=1S/C27H28N6O2/c1-32-23(34)13-12-22(31-32)25-24(20-10-6-3-7-11-20)29-26(28)27(30-25)35-21-14-16-33(17-15-21)18-19-8-4-2-5-9-19/h2-13,21H,14-18H2,1H3,(H2,28,29). The Morgan fingerprint density at radius 2 is 1.60 bits per heavy atom. The highest BCUT2D eigenvalue weighted by Crippen LogP contribution is 2.33. The summed E-state index contributed by atoms with van der Waals surface area (Å²) in [7, 11) is 1.61. The Morgan fingerprint density at radius 3 is 2.29 bits per heavy atom. The molecule has 0 amide bonds. The summed E-state index contributed by atoms with van der Waals surface area (Å²) < 4.78 is 7.55. The highest BCUT2D eigenvalue weighted by atomic mass is 16.5. The second-order valence-corrected chi connectivity index (χ2v) is 8.74. The minimum absolute atomic E-state index is 0.00198. The van der Waals surface area contributed by atoms with E-state index in [0.29, 0.717) is 23.0 Å². The van der Waals surface area contributed by atoms with Gasteiger partial charge in [-0.1, -0.05) is 60.7 Å². The van der Waals surface area contributed by atoms with Crippen molar-refractivity contribution >= 4 is 5.82 Å². The lowest BCUT2D eigenvalue weighted by Gasteiger charge is -2.32. The summed E-state index contributed by atoms with van der Waals surface area (Å²) in [4.78, 5) is 23.8. The van der Waals surface area contributed by atoms with Crippen LogP contribution in [0.3, 0.4) is 0 Å². The smallest absolute Gasteiger partial charge is 0.266 e. The normalized spacial score (nSPS) is 14.7. The SMILES string of the molecule is Cn1nc(-c2nc(OC3CCN(Cc4ccccc4)CC3)c(N)nc2-c2ccccc2)ccc1=O. The van der Waals surface area contributed by atoms with Gasteiger partial charge in [-0.25, -0.2) is 14.6 Å². The van der Waals surface area contributed by atoms with Gasteiger partial charge in [-0.05, 0) is 24.5 Å². The molecule has 8 nitrogen and oxygen atoms in total. The maximum absolute atomic E-state index is 11.9. The van der Waals surface area contributed by atoms with Crippen LogP contribution in [0.15, 0.2) is 77.6 Å². The monoisotopic (exact) mass is 468 g/mol. The molecule has 4 aromatic rings. The summed E-state index contributed by atoms with van der Waals surface area (Å²) in [6, 6.07) is 23.3. The molecular weight excluding hydrogens is 440 g/mol. The van der Waals surface area contributed by atoms with Gasteiger partial charge in [0.25, 0.3) is 11.4 Å². The number of benzene rings is 2. The van der Waals surface area contributed by atoms with E-state index in [2.05, 4.69) is 39.2 Å². The third-order valence-electron chi connectivity index (χ3n) is 6.20. The molecule has 5 rings (SSSR count). The van der Waals surface area contributed by atoms with E-state index >= 15 is 0 Å². The van der Waals surface area contributed by atoms with Gasteiger partial charge in [-0.2, -0.15) is 5.10 Å². The second-order valence-electron chi connectivity index (χ2n) is 8.74. The largest absolute Gasteiger partial charge is 0.472 e. The van der Waals surface area contributed by atoms with Gasteiger partial charge in [0.05, 0.1) is 0 Å². The van der Waals surface area contributed by atoms with Gasteiger partial charge in [-0.3, -0.25) is 9.69 Å². The zero-order valence-electron chi connectivity index (χ0n) is 19.7. The number of nitrogen functional groups attached to an aromatic ring is 1. The highest BCUT2D eigenvalue weighted by molar-refractivity contribution is 5.77. The molecule has 0 spiro atoms. The molecule has 0 unspecified atom stereocenters. The first-order chi connectivity index (χ1) is 17.1. The molecule has 0 bridgehead atoms. The molecule has 35 heavy (non-hydrogen) atoms. The maximum atomic E-state index is 11.9. The first-order valence-corrected chi connectivity index (χ1v) is 11.8. The average Bonchev–Trinajstić information content (AvgIpc) is 2.89. The number of aromatic nitrogens is 4. The fraction of sp³-hybridized carbons (Fsp3) is 0.259. The van der Waals surface area contributed by atoms with Crippen LogP contribution < -0.4 is 16.0 Å². The zero-order chi connectivity index (χ0) is 24.2. The van der Waals surface area contributed by atoms with Crippen LogP contribution in [-0.2, 0) is 13.6 Å². The topological polar surface area (TPSA) is 99.2 Å². The summed E-state index contributed by atoms with van der Waals surface area (Å²) in [5.41, 5.74) is 9.95. The first-order valence-electron chi connectivity index (χ1n) is 11.8. The maximum Gasteiger partial charge on any atom is 0.266 e. The molecular formula is C27H28N6O2. The molecule has 1 saturated heterocycles. The number of nitrogens with zero attached hydrogens (tertiary/aromatic N) is 5. The van der Waals surface area contributed by atoms with Crippen molar-refractivity contribution < 1.29 is 4.74 Å². The van der Waals surface area contributed by atoms with Crippen molar-refractivity contribution in [1.82, 2.24) is 24.6 Å². The number of likely N-dealkylation sites (tertiary alicyclic amines) is 1. The molecule has 3 heterocycles. The summed E-state index contributed by atoms with van der Waals surface area (Å²) >= 11 is 0. The molecule has 1 fully saturated rings. The number of ether oxygens (including phenoxy) is 1. The van der Waals surface area contributed by atoms with Crippen LogP contribution in [0.5, 0.6) is 5.88 Å². The Balaban J connectivity index is 1.39. The van der Waals surface area contributed by atoms with Gasteiger partial charge in [0.2, 0.25) is 0 Å².